The molecule has 16 heavy (non-hydrogen) atoms. The normalized spacial score (nSPS) is 15.8. The van der Waals surface area contributed by atoms with Crippen LogP contribution < -0.4 is 4.90 Å². The van der Waals surface area contributed by atoms with Crippen LogP contribution in [0.4, 0.5) is 5.69 Å². The number of esters is 1. The summed E-state index contributed by atoms with van der Waals surface area (Å²) in [6.45, 7) is 0.528. The van der Waals surface area contributed by atoms with Gasteiger partial charge in [0.1, 0.15) is 0 Å². The Balaban J connectivity index is 2.26. The quantitative estimate of drug-likeness (QED) is 0.759. The van der Waals surface area contributed by atoms with Gasteiger partial charge in [-0.3, -0.25) is 0 Å². The predicted octanol–water partition coefficient (Wildman–Crippen LogP) is 0.583. The van der Waals surface area contributed by atoms with Crippen molar-refractivity contribution in [3.05, 3.63) is 29.8 Å². The summed E-state index contributed by atoms with van der Waals surface area (Å²) in [5.41, 5.74) is 2.23. The third-order valence-corrected chi connectivity index (χ3v) is 2.95. The number of rotatable bonds is 3. The zero-order valence-corrected chi connectivity index (χ0v) is 9.22. The summed E-state index contributed by atoms with van der Waals surface area (Å²) in [7, 11) is 1.34. The number of para-hydroxylation sites is 1. The van der Waals surface area contributed by atoms with E-state index in [2.05, 4.69) is 0 Å². The lowest BCUT2D eigenvalue weighted by Gasteiger charge is -2.26. The van der Waals surface area contributed by atoms with Gasteiger partial charge in [-0.15, -0.1) is 0 Å². The second-order valence-corrected chi connectivity index (χ2v) is 3.79. The minimum absolute atomic E-state index is 0.221. The molecule has 0 aliphatic carbocycles. The van der Waals surface area contributed by atoms with Crippen LogP contribution >= 0.6 is 0 Å². The summed E-state index contributed by atoms with van der Waals surface area (Å²) in [4.78, 5) is 13.4. The Hall–Kier alpha value is -1.55. The molecule has 1 heterocycles. The fraction of sp³-hybridized carbons (Fsp3) is 0.417. The maximum atomic E-state index is 11.5. The van der Waals surface area contributed by atoms with E-state index < -0.39 is 6.04 Å². The lowest BCUT2D eigenvalue weighted by atomic mass is 10.2. The minimum Gasteiger partial charge on any atom is -0.467 e. The fourth-order valence-corrected chi connectivity index (χ4v) is 2.12. The van der Waals surface area contributed by atoms with Crippen LogP contribution in [0.25, 0.3) is 0 Å². The number of anilines is 1. The van der Waals surface area contributed by atoms with E-state index in [9.17, 15) is 9.90 Å². The molecule has 0 fully saturated rings. The van der Waals surface area contributed by atoms with Crippen molar-refractivity contribution in [2.75, 3.05) is 25.2 Å². The largest absolute Gasteiger partial charge is 0.467 e. The molecule has 4 heteroatoms. The molecule has 1 aliphatic heterocycles. The standard InChI is InChI=1S/C12H15NO3/c1-16-12(15)11(8-14)13-7-6-9-4-2-3-5-10(9)13/h2-5,11,14H,6-8H2,1H3. The van der Waals surface area contributed by atoms with Gasteiger partial charge in [-0.25, -0.2) is 4.79 Å². The summed E-state index contributed by atoms with van der Waals surface area (Å²) >= 11 is 0. The van der Waals surface area contributed by atoms with Crippen LogP contribution in [0, 0.1) is 0 Å². The van der Waals surface area contributed by atoms with Gasteiger partial charge in [0.25, 0.3) is 0 Å². The molecule has 1 N–H and O–H groups in total. The van der Waals surface area contributed by atoms with Crippen molar-refractivity contribution in [3.63, 3.8) is 0 Å². The van der Waals surface area contributed by atoms with E-state index >= 15 is 0 Å². The first kappa shape index (κ1) is 11.0. The molecule has 1 unspecified atom stereocenters. The molecule has 0 aromatic heterocycles. The average molecular weight is 221 g/mol. The van der Waals surface area contributed by atoms with Gasteiger partial charge in [-0.2, -0.15) is 0 Å². The van der Waals surface area contributed by atoms with Crippen molar-refractivity contribution in [2.45, 2.75) is 12.5 Å². The van der Waals surface area contributed by atoms with Gasteiger partial charge >= 0.3 is 5.97 Å². The number of aliphatic hydroxyl groups is 1. The molecule has 86 valence electrons. The monoisotopic (exact) mass is 221 g/mol. The predicted molar refractivity (Wildman–Crippen MR) is 60.4 cm³/mol. The highest BCUT2D eigenvalue weighted by molar-refractivity contribution is 5.81. The van der Waals surface area contributed by atoms with Gasteiger partial charge < -0.3 is 14.7 Å². The number of carbonyl (C=O) groups is 1. The van der Waals surface area contributed by atoms with Crippen molar-refractivity contribution in [3.8, 4) is 0 Å². The van der Waals surface area contributed by atoms with E-state index in [0.29, 0.717) is 0 Å². The van der Waals surface area contributed by atoms with Gasteiger partial charge in [0.05, 0.1) is 13.7 Å². The molecule has 1 aliphatic rings. The SMILES string of the molecule is COC(=O)C(CO)N1CCc2ccccc21. The molecular formula is C12H15NO3. The molecule has 4 nitrogen and oxygen atoms in total. The summed E-state index contributed by atoms with van der Waals surface area (Å²) in [6.07, 6.45) is 0.906. The molecule has 1 aromatic carbocycles. The Morgan fingerprint density at radius 2 is 2.31 bits per heavy atom. The Kier molecular flexibility index (Phi) is 3.10. The van der Waals surface area contributed by atoms with Crippen molar-refractivity contribution < 1.29 is 14.6 Å². The summed E-state index contributed by atoms with van der Waals surface area (Å²) in [5.74, 6) is -0.390. The number of methoxy groups -OCH3 is 1. The van der Waals surface area contributed by atoms with E-state index in [1.165, 1.54) is 12.7 Å². The minimum atomic E-state index is -0.589. The molecular weight excluding hydrogens is 206 g/mol. The topological polar surface area (TPSA) is 49.8 Å². The summed E-state index contributed by atoms with van der Waals surface area (Å²) in [6, 6.07) is 7.33. The van der Waals surface area contributed by atoms with Crippen LogP contribution in [-0.4, -0.2) is 37.4 Å². The van der Waals surface area contributed by atoms with E-state index in [0.717, 1.165) is 18.7 Å². The maximum Gasteiger partial charge on any atom is 0.330 e. The molecule has 1 atom stereocenters. The first-order valence-electron chi connectivity index (χ1n) is 5.31. The smallest absolute Gasteiger partial charge is 0.330 e. The number of ether oxygens (including phenoxy) is 1. The number of carbonyl (C=O) groups excluding carboxylic acids is 1. The number of hydrogen-bond donors (Lipinski definition) is 1. The zero-order valence-electron chi connectivity index (χ0n) is 9.22. The van der Waals surface area contributed by atoms with E-state index in [4.69, 9.17) is 4.74 Å². The van der Waals surface area contributed by atoms with Gasteiger partial charge in [-0.05, 0) is 18.1 Å². The zero-order chi connectivity index (χ0) is 11.5. The van der Waals surface area contributed by atoms with Gasteiger partial charge in [0.2, 0.25) is 0 Å². The van der Waals surface area contributed by atoms with E-state index in [1.54, 1.807) is 0 Å². The first-order chi connectivity index (χ1) is 7.77. The van der Waals surface area contributed by atoms with Crippen LogP contribution in [0.15, 0.2) is 24.3 Å². The number of hydrogen-bond acceptors (Lipinski definition) is 4. The van der Waals surface area contributed by atoms with Crippen molar-refractivity contribution in [2.24, 2.45) is 0 Å². The second kappa shape index (κ2) is 4.53. The fourth-order valence-electron chi connectivity index (χ4n) is 2.12. The molecule has 0 saturated carbocycles. The highest BCUT2D eigenvalue weighted by Gasteiger charge is 2.30. The lowest BCUT2D eigenvalue weighted by molar-refractivity contribution is -0.143. The number of nitrogens with zero attached hydrogens (tertiary/aromatic N) is 1. The van der Waals surface area contributed by atoms with Crippen molar-refractivity contribution in [1.29, 1.82) is 0 Å². The summed E-state index contributed by atoms with van der Waals surface area (Å²) in [5, 5.41) is 9.27. The molecule has 2 rings (SSSR count). The Morgan fingerprint density at radius 1 is 1.56 bits per heavy atom. The highest BCUT2D eigenvalue weighted by Crippen LogP contribution is 2.29. The van der Waals surface area contributed by atoms with Crippen molar-refractivity contribution in [1.82, 2.24) is 0 Å². The van der Waals surface area contributed by atoms with Gasteiger partial charge in [0.15, 0.2) is 6.04 Å². The van der Waals surface area contributed by atoms with Crippen LogP contribution in [0.5, 0.6) is 0 Å². The number of fused-ring (bicyclic) bond motifs is 1. The molecule has 0 amide bonds. The van der Waals surface area contributed by atoms with E-state index in [1.807, 2.05) is 29.2 Å². The van der Waals surface area contributed by atoms with Crippen molar-refractivity contribution >= 4 is 11.7 Å². The maximum absolute atomic E-state index is 11.5. The Bertz CT molecular complexity index is 392. The number of benzene rings is 1. The lowest BCUT2D eigenvalue weighted by Crippen LogP contribution is -2.43. The molecule has 0 saturated heterocycles. The molecule has 0 bridgehead atoms. The first-order valence-corrected chi connectivity index (χ1v) is 5.31. The molecule has 0 spiro atoms. The number of aliphatic hydroxyl groups excluding tert-OH is 1. The third-order valence-electron chi connectivity index (χ3n) is 2.95. The molecule has 1 aromatic rings. The Morgan fingerprint density at radius 3 is 3.00 bits per heavy atom. The van der Waals surface area contributed by atoms with Crippen LogP contribution in [0.1, 0.15) is 5.56 Å². The van der Waals surface area contributed by atoms with Crippen LogP contribution in [-0.2, 0) is 16.0 Å². The third kappa shape index (κ3) is 1.76. The van der Waals surface area contributed by atoms with Crippen LogP contribution in [0.3, 0.4) is 0 Å². The second-order valence-electron chi connectivity index (χ2n) is 3.79. The average Bonchev–Trinajstić information content (AvgIpc) is 2.74. The van der Waals surface area contributed by atoms with Crippen LogP contribution in [0.2, 0.25) is 0 Å². The molecule has 0 radical (unpaired) electrons. The van der Waals surface area contributed by atoms with Gasteiger partial charge in [-0.1, -0.05) is 18.2 Å². The van der Waals surface area contributed by atoms with Gasteiger partial charge in [0, 0.05) is 12.2 Å². The summed E-state index contributed by atoms with van der Waals surface area (Å²) < 4.78 is 4.69. The van der Waals surface area contributed by atoms with E-state index in [-0.39, 0.29) is 12.6 Å². The Labute approximate surface area is 94.4 Å². The highest BCUT2D eigenvalue weighted by atomic mass is 16.5.